The van der Waals surface area contributed by atoms with Gasteiger partial charge in [0.1, 0.15) is 0 Å². The lowest BCUT2D eigenvalue weighted by Gasteiger charge is -2.33. The summed E-state index contributed by atoms with van der Waals surface area (Å²) in [5.74, 6) is 0.317. The fourth-order valence-electron chi connectivity index (χ4n) is 3.77. The van der Waals surface area contributed by atoms with Crippen molar-refractivity contribution in [1.82, 2.24) is 10.2 Å². The molecule has 6 heteroatoms. The van der Waals surface area contributed by atoms with Gasteiger partial charge in [-0.1, -0.05) is 48.9 Å². The first kappa shape index (κ1) is 22.2. The maximum atomic E-state index is 12.8. The Kier molecular flexibility index (Phi) is 8.14. The highest BCUT2D eigenvalue weighted by atomic mass is 35.5. The maximum Gasteiger partial charge on any atom is 0.409 e. The van der Waals surface area contributed by atoms with E-state index in [1.807, 2.05) is 37.3 Å². The summed E-state index contributed by atoms with van der Waals surface area (Å²) in [7, 11) is 0. The number of rotatable bonds is 7. The molecule has 2 amide bonds. The second-order valence-electron chi connectivity index (χ2n) is 7.72. The number of carbonyl (C=O) groups excluding carboxylic acids is 2. The molecule has 160 valence electrons. The van der Waals surface area contributed by atoms with Gasteiger partial charge in [-0.25, -0.2) is 4.79 Å². The van der Waals surface area contributed by atoms with Crippen LogP contribution < -0.4 is 5.32 Å². The Morgan fingerprint density at radius 2 is 1.77 bits per heavy atom. The Hall–Kier alpha value is -2.53. The number of hydrogen-bond donors (Lipinski definition) is 1. The molecular formula is C24H29ClN2O3. The van der Waals surface area contributed by atoms with Crippen LogP contribution in [0.5, 0.6) is 0 Å². The second kappa shape index (κ2) is 11.0. The van der Waals surface area contributed by atoms with Crippen LogP contribution >= 0.6 is 11.6 Å². The zero-order valence-electron chi connectivity index (χ0n) is 17.4. The van der Waals surface area contributed by atoms with Gasteiger partial charge >= 0.3 is 6.09 Å². The highest BCUT2D eigenvalue weighted by Gasteiger charge is 2.27. The minimum Gasteiger partial charge on any atom is -0.449 e. The first-order valence-corrected chi connectivity index (χ1v) is 11.0. The standard InChI is InChI=1S/C24H29ClN2O3/c1-2-16-30-24(29)27-14-12-18(13-15-27)17-22(19-6-4-3-5-7-19)26-23(28)20-8-10-21(25)11-9-20/h3-11,18,22H,2,12-17H2,1H3,(H,26,28). The number of nitrogens with one attached hydrogen (secondary N) is 1. The molecule has 30 heavy (non-hydrogen) atoms. The van der Waals surface area contributed by atoms with Crippen LogP contribution in [0.3, 0.4) is 0 Å². The molecule has 0 aromatic heterocycles. The minimum absolute atomic E-state index is 0.0852. The van der Waals surface area contributed by atoms with Gasteiger partial charge in [-0.05, 0) is 61.4 Å². The van der Waals surface area contributed by atoms with Crippen LogP contribution in [0, 0.1) is 5.92 Å². The summed E-state index contributed by atoms with van der Waals surface area (Å²) in [4.78, 5) is 26.7. The lowest BCUT2D eigenvalue weighted by molar-refractivity contribution is 0.0844. The highest BCUT2D eigenvalue weighted by Crippen LogP contribution is 2.29. The number of amides is 2. The molecule has 0 spiro atoms. The van der Waals surface area contributed by atoms with Crippen molar-refractivity contribution < 1.29 is 14.3 Å². The molecule has 5 nitrogen and oxygen atoms in total. The van der Waals surface area contributed by atoms with E-state index in [4.69, 9.17) is 16.3 Å². The Balaban J connectivity index is 1.62. The van der Waals surface area contributed by atoms with Crippen molar-refractivity contribution in [2.75, 3.05) is 19.7 Å². The number of hydrogen-bond acceptors (Lipinski definition) is 3. The van der Waals surface area contributed by atoms with Gasteiger partial charge in [0, 0.05) is 23.7 Å². The molecule has 1 heterocycles. The number of ether oxygens (including phenoxy) is 1. The Morgan fingerprint density at radius 1 is 1.10 bits per heavy atom. The molecule has 2 aromatic carbocycles. The monoisotopic (exact) mass is 428 g/mol. The van der Waals surface area contributed by atoms with E-state index in [-0.39, 0.29) is 18.0 Å². The van der Waals surface area contributed by atoms with Crippen LogP contribution in [0.4, 0.5) is 4.79 Å². The SMILES string of the molecule is CCCOC(=O)N1CCC(CC(NC(=O)c2ccc(Cl)cc2)c2ccccc2)CC1. The molecule has 1 atom stereocenters. The van der Waals surface area contributed by atoms with Gasteiger partial charge < -0.3 is 15.0 Å². The molecule has 0 saturated carbocycles. The van der Waals surface area contributed by atoms with Crippen molar-refractivity contribution >= 4 is 23.6 Å². The molecule has 1 aliphatic rings. The molecule has 1 unspecified atom stereocenters. The third-order valence-corrected chi connectivity index (χ3v) is 5.74. The molecule has 1 N–H and O–H groups in total. The summed E-state index contributed by atoms with van der Waals surface area (Å²) >= 11 is 5.94. The third kappa shape index (κ3) is 6.23. The Labute approximate surface area is 183 Å². The average molecular weight is 429 g/mol. The van der Waals surface area contributed by atoms with Crippen LogP contribution in [-0.4, -0.2) is 36.6 Å². The van der Waals surface area contributed by atoms with Crippen LogP contribution in [0.25, 0.3) is 0 Å². The lowest BCUT2D eigenvalue weighted by atomic mass is 9.87. The molecule has 0 radical (unpaired) electrons. The first-order chi connectivity index (χ1) is 14.6. The zero-order valence-corrected chi connectivity index (χ0v) is 18.1. The van der Waals surface area contributed by atoms with Gasteiger partial charge in [0.05, 0.1) is 12.6 Å². The molecule has 0 aliphatic carbocycles. The molecule has 1 fully saturated rings. The highest BCUT2D eigenvalue weighted by molar-refractivity contribution is 6.30. The molecular weight excluding hydrogens is 400 g/mol. The lowest BCUT2D eigenvalue weighted by Crippen LogP contribution is -2.40. The second-order valence-corrected chi connectivity index (χ2v) is 8.16. The number of nitrogens with zero attached hydrogens (tertiary/aromatic N) is 1. The van der Waals surface area contributed by atoms with Crippen LogP contribution in [-0.2, 0) is 4.74 Å². The van der Waals surface area contributed by atoms with Gasteiger partial charge in [-0.3, -0.25) is 4.79 Å². The Morgan fingerprint density at radius 3 is 2.40 bits per heavy atom. The summed E-state index contributed by atoms with van der Waals surface area (Å²) in [5.41, 5.74) is 1.68. The van der Waals surface area contributed by atoms with E-state index in [0.29, 0.717) is 36.2 Å². The van der Waals surface area contributed by atoms with Gasteiger partial charge in [-0.2, -0.15) is 0 Å². The summed E-state index contributed by atoms with van der Waals surface area (Å²) in [5, 5.41) is 3.80. The van der Waals surface area contributed by atoms with E-state index in [9.17, 15) is 9.59 Å². The van der Waals surface area contributed by atoms with Crippen molar-refractivity contribution in [2.45, 2.75) is 38.6 Å². The molecule has 1 saturated heterocycles. The summed E-state index contributed by atoms with van der Waals surface area (Å²) in [6.45, 7) is 3.84. The number of halogens is 1. The zero-order chi connectivity index (χ0) is 21.3. The first-order valence-electron chi connectivity index (χ1n) is 10.6. The predicted octanol–water partition coefficient (Wildman–Crippen LogP) is 5.46. The van der Waals surface area contributed by atoms with Gasteiger partial charge in [-0.15, -0.1) is 0 Å². The van der Waals surface area contributed by atoms with Gasteiger partial charge in [0.2, 0.25) is 0 Å². The number of piperidine rings is 1. The average Bonchev–Trinajstić information content (AvgIpc) is 2.78. The van der Waals surface area contributed by atoms with Crippen LogP contribution in [0.1, 0.15) is 54.6 Å². The quantitative estimate of drug-likeness (QED) is 0.637. The fourth-order valence-corrected chi connectivity index (χ4v) is 3.90. The van der Waals surface area contributed by atoms with E-state index in [1.165, 1.54) is 0 Å². The van der Waals surface area contributed by atoms with Crippen molar-refractivity contribution in [3.8, 4) is 0 Å². The van der Waals surface area contributed by atoms with E-state index in [2.05, 4.69) is 5.32 Å². The van der Waals surface area contributed by atoms with E-state index in [1.54, 1.807) is 29.2 Å². The van der Waals surface area contributed by atoms with E-state index < -0.39 is 0 Å². The third-order valence-electron chi connectivity index (χ3n) is 5.49. The van der Waals surface area contributed by atoms with E-state index in [0.717, 1.165) is 31.2 Å². The maximum absolute atomic E-state index is 12.8. The van der Waals surface area contributed by atoms with Gasteiger partial charge in [0.15, 0.2) is 0 Å². The Bertz CT molecular complexity index is 818. The number of benzene rings is 2. The topological polar surface area (TPSA) is 58.6 Å². The van der Waals surface area contributed by atoms with Crippen molar-refractivity contribution in [2.24, 2.45) is 5.92 Å². The smallest absolute Gasteiger partial charge is 0.409 e. The van der Waals surface area contributed by atoms with Gasteiger partial charge in [0.25, 0.3) is 5.91 Å². The largest absolute Gasteiger partial charge is 0.449 e. The van der Waals surface area contributed by atoms with Crippen LogP contribution in [0.15, 0.2) is 54.6 Å². The summed E-state index contributed by atoms with van der Waals surface area (Å²) in [6.07, 6.45) is 3.25. The molecule has 1 aliphatic heterocycles. The predicted molar refractivity (Wildman–Crippen MR) is 119 cm³/mol. The van der Waals surface area contributed by atoms with Crippen LogP contribution in [0.2, 0.25) is 5.02 Å². The minimum atomic E-state index is -0.217. The molecule has 2 aromatic rings. The molecule has 3 rings (SSSR count). The number of carbonyl (C=O) groups is 2. The van der Waals surface area contributed by atoms with Crippen molar-refractivity contribution in [3.05, 3.63) is 70.7 Å². The fraction of sp³-hybridized carbons (Fsp3) is 0.417. The summed E-state index contributed by atoms with van der Waals surface area (Å²) < 4.78 is 5.25. The van der Waals surface area contributed by atoms with Crippen molar-refractivity contribution in [3.63, 3.8) is 0 Å². The van der Waals surface area contributed by atoms with Crippen molar-refractivity contribution in [1.29, 1.82) is 0 Å². The normalized spacial score (nSPS) is 15.5. The van der Waals surface area contributed by atoms with E-state index >= 15 is 0 Å². The number of likely N-dealkylation sites (tertiary alicyclic amines) is 1. The molecule has 0 bridgehead atoms. The summed E-state index contributed by atoms with van der Waals surface area (Å²) in [6, 6.07) is 16.9.